The molecule has 0 amide bonds. The van der Waals surface area contributed by atoms with Gasteiger partial charge in [0.05, 0.1) is 19.0 Å². The smallest absolute Gasteiger partial charge is 0.475 e. The van der Waals surface area contributed by atoms with Crippen molar-refractivity contribution in [3.63, 3.8) is 0 Å². The van der Waals surface area contributed by atoms with Gasteiger partial charge in [-0.25, -0.2) is 22.3 Å². The molecular formula is C23H33F6N3O7S. The van der Waals surface area contributed by atoms with Crippen molar-refractivity contribution in [3.8, 4) is 0 Å². The monoisotopic (exact) mass is 609 g/mol. The van der Waals surface area contributed by atoms with E-state index in [4.69, 9.17) is 24.5 Å². The van der Waals surface area contributed by atoms with E-state index in [1.165, 1.54) is 5.56 Å². The van der Waals surface area contributed by atoms with Gasteiger partial charge in [0.25, 0.3) is 0 Å². The van der Waals surface area contributed by atoms with Gasteiger partial charge < -0.3 is 14.9 Å². The first kappa shape index (κ1) is 35.5. The van der Waals surface area contributed by atoms with Gasteiger partial charge in [-0.1, -0.05) is 13.3 Å². The van der Waals surface area contributed by atoms with Gasteiger partial charge in [0.15, 0.2) is 0 Å². The summed E-state index contributed by atoms with van der Waals surface area (Å²) in [6.07, 6.45) is -3.09. The molecule has 0 atom stereocenters. The number of carboxylic acid groups (broad SMARTS) is 2. The summed E-state index contributed by atoms with van der Waals surface area (Å²) in [6, 6.07) is 4.11. The SMILES string of the molecule is CCCCS(=O)(=O)N1CCC2(CC1)COCCN(Cc1ccncc1)C2.O=C(O)C(F)(F)F.O=C(O)C(F)(F)F. The number of aliphatic carboxylic acids is 2. The normalized spacial score (nSPS) is 18.5. The zero-order valence-corrected chi connectivity index (χ0v) is 22.6. The van der Waals surface area contributed by atoms with Crippen LogP contribution < -0.4 is 0 Å². The molecule has 17 heteroatoms. The number of alkyl halides is 6. The molecule has 0 aliphatic carbocycles. The zero-order valence-electron chi connectivity index (χ0n) is 21.7. The molecule has 0 aromatic carbocycles. The number of hydrogen-bond donors (Lipinski definition) is 2. The third kappa shape index (κ3) is 12.8. The summed E-state index contributed by atoms with van der Waals surface area (Å²) in [6.45, 7) is 7.54. The Kier molecular flexibility index (Phi) is 13.8. The number of aromatic nitrogens is 1. The zero-order chi connectivity index (χ0) is 30.6. The van der Waals surface area contributed by atoms with Crippen LogP contribution in [0.2, 0.25) is 0 Å². The number of piperidine rings is 1. The van der Waals surface area contributed by atoms with E-state index in [0.29, 0.717) is 13.1 Å². The highest BCUT2D eigenvalue weighted by Gasteiger charge is 2.41. The molecule has 3 heterocycles. The summed E-state index contributed by atoms with van der Waals surface area (Å²) in [4.78, 5) is 24.3. The Balaban J connectivity index is 0.000000473. The molecule has 230 valence electrons. The number of halogens is 6. The van der Waals surface area contributed by atoms with Gasteiger partial charge in [0.2, 0.25) is 10.0 Å². The molecule has 2 saturated heterocycles. The van der Waals surface area contributed by atoms with Crippen molar-refractivity contribution >= 4 is 22.0 Å². The number of unbranched alkanes of at least 4 members (excludes halogenated alkanes) is 1. The van der Waals surface area contributed by atoms with Crippen molar-refractivity contribution in [2.75, 3.05) is 45.1 Å². The van der Waals surface area contributed by atoms with Crippen molar-refractivity contribution < 1.29 is 59.3 Å². The fourth-order valence-corrected chi connectivity index (χ4v) is 5.61. The van der Waals surface area contributed by atoms with Gasteiger partial charge in [0, 0.05) is 50.5 Å². The lowest BCUT2D eigenvalue weighted by atomic mass is 9.79. The van der Waals surface area contributed by atoms with Crippen molar-refractivity contribution in [2.45, 2.75) is 51.5 Å². The maximum atomic E-state index is 12.5. The highest BCUT2D eigenvalue weighted by Crippen LogP contribution is 2.35. The minimum atomic E-state index is -5.08. The van der Waals surface area contributed by atoms with E-state index in [2.05, 4.69) is 22.0 Å². The van der Waals surface area contributed by atoms with Crippen LogP contribution in [-0.4, -0.2) is 102 Å². The van der Waals surface area contributed by atoms with Crippen LogP contribution in [0.5, 0.6) is 0 Å². The molecule has 40 heavy (non-hydrogen) atoms. The molecule has 2 aliphatic heterocycles. The van der Waals surface area contributed by atoms with Gasteiger partial charge >= 0.3 is 24.3 Å². The Labute approximate surface area is 228 Å². The maximum Gasteiger partial charge on any atom is 0.490 e. The first-order valence-electron chi connectivity index (χ1n) is 12.2. The highest BCUT2D eigenvalue weighted by molar-refractivity contribution is 7.89. The molecule has 2 N–H and O–H groups in total. The minimum absolute atomic E-state index is 0.0697. The number of nitrogens with zero attached hydrogens (tertiary/aromatic N) is 3. The first-order valence-corrected chi connectivity index (χ1v) is 13.8. The summed E-state index contributed by atoms with van der Waals surface area (Å²) in [5.41, 5.74) is 1.33. The van der Waals surface area contributed by atoms with E-state index in [9.17, 15) is 34.8 Å². The number of sulfonamides is 1. The molecule has 0 saturated carbocycles. The second kappa shape index (κ2) is 15.5. The lowest BCUT2D eigenvalue weighted by Gasteiger charge is -2.42. The Morgan fingerprint density at radius 2 is 1.50 bits per heavy atom. The summed E-state index contributed by atoms with van der Waals surface area (Å²) in [5.74, 6) is -5.23. The van der Waals surface area contributed by atoms with Crippen LogP contribution in [0.15, 0.2) is 24.5 Å². The minimum Gasteiger partial charge on any atom is -0.475 e. The molecule has 3 rings (SSSR count). The molecule has 1 aromatic rings. The Hall–Kier alpha value is -2.50. The van der Waals surface area contributed by atoms with Crippen molar-refractivity contribution in [3.05, 3.63) is 30.1 Å². The van der Waals surface area contributed by atoms with Gasteiger partial charge in [-0.05, 0) is 37.0 Å². The van der Waals surface area contributed by atoms with Crippen LogP contribution in [0.4, 0.5) is 26.3 Å². The maximum absolute atomic E-state index is 12.5. The predicted molar refractivity (Wildman–Crippen MR) is 130 cm³/mol. The fourth-order valence-electron chi connectivity index (χ4n) is 3.96. The van der Waals surface area contributed by atoms with Crippen molar-refractivity contribution in [1.29, 1.82) is 0 Å². The summed E-state index contributed by atoms with van der Waals surface area (Å²) in [7, 11) is -3.10. The number of hydrogen-bond acceptors (Lipinski definition) is 7. The molecule has 0 radical (unpaired) electrons. The van der Waals surface area contributed by atoms with Crippen molar-refractivity contribution in [1.82, 2.24) is 14.2 Å². The second-order valence-electron chi connectivity index (χ2n) is 9.29. The summed E-state index contributed by atoms with van der Waals surface area (Å²) in [5, 5.41) is 14.2. The number of carbonyl (C=O) groups is 2. The molecule has 0 bridgehead atoms. The molecular weight excluding hydrogens is 576 g/mol. The predicted octanol–water partition coefficient (Wildman–Crippen LogP) is 3.39. The second-order valence-corrected chi connectivity index (χ2v) is 11.4. The third-order valence-corrected chi connectivity index (χ3v) is 8.05. The average Bonchev–Trinajstić information content (AvgIpc) is 3.05. The Morgan fingerprint density at radius 3 is 1.95 bits per heavy atom. The Morgan fingerprint density at radius 1 is 1.00 bits per heavy atom. The molecule has 0 unspecified atom stereocenters. The van der Waals surface area contributed by atoms with E-state index in [-0.39, 0.29) is 11.2 Å². The third-order valence-electron chi connectivity index (χ3n) is 6.09. The number of ether oxygens (including phenoxy) is 1. The number of rotatable bonds is 6. The average molecular weight is 610 g/mol. The molecule has 1 aromatic heterocycles. The van der Waals surface area contributed by atoms with Crippen LogP contribution >= 0.6 is 0 Å². The van der Waals surface area contributed by atoms with E-state index in [0.717, 1.165) is 58.5 Å². The van der Waals surface area contributed by atoms with E-state index < -0.39 is 34.3 Å². The first-order chi connectivity index (χ1) is 18.4. The molecule has 2 fully saturated rings. The molecule has 2 aliphatic rings. The van der Waals surface area contributed by atoms with E-state index >= 15 is 0 Å². The highest BCUT2D eigenvalue weighted by atomic mass is 32.2. The van der Waals surface area contributed by atoms with Gasteiger partial charge in [0.1, 0.15) is 0 Å². The summed E-state index contributed by atoms with van der Waals surface area (Å²) < 4.78 is 96.0. The fraction of sp³-hybridized carbons (Fsp3) is 0.696. The number of carboxylic acids is 2. The lowest BCUT2D eigenvalue weighted by molar-refractivity contribution is -0.193. The van der Waals surface area contributed by atoms with Crippen LogP contribution in [0.25, 0.3) is 0 Å². The van der Waals surface area contributed by atoms with Crippen LogP contribution in [0.3, 0.4) is 0 Å². The lowest BCUT2D eigenvalue weighted by Crippen LogP contribution is -2.49. The van der Waals surface area contributed by atoms with Crippen LogP contribution in [0.1, 0.15) is 38.2 Å². The van der Waals surface area contributed by atoms with Crippen molar-refractivity contribution in [2.24, 2.45) is 5.41 Å². The van der Waals surface area contributed by atoms with Crippen LogP contribution in [-0.2, 0) is 30.9 Å². The van der Waals surface area contributed by atoms with Crippen LogP contribution in [0, 0.1) is 5.41 Å². The standard InChI is InChI=1S/C19H31N3O3S.2C2HF3O2/c1-2-3-14-26(23,24)22-10-6-19(7-11-22)16-21(12-13-25-17-19)15-18-4-8-20-9-5-18;2*3-2(4,5)1(6)7/h4-5,8-9H,2-3,6-7,10-17H2,1H3;2*(H,6,7). The largest absolute Gasteiger partial charge is 0.490 e. The molecule has 1 spiro atoms. The number of pyridine rings is 1. The topological polar surface area (TPSA) is 137 Å². The van der Waals surface area contributed by atoms with Gasteiger partial charge in [-0.2, -0.15) is 26.3 Å². The van der Waals surface area contributed by atoms with E-state index in [1.807, 2.05) is 19.3 Å². The van der Waals surface area contributed by atoms with Gasteiger partial charge in [-0.3, -0.25) is 9.88 Å². The van der Waals surface area contributed by atoms with E-state index in [1.54, 1.807) is 4.31 Å². The van der Waals surface area contributed by atoms with Gasteiger partial charge in [-0.15, -0.1) is 0 Å². The quantitative estimate of drug-likeness (QED) is 0.465. The molecule has 10 nitrogen and oxygen atoms in total. The summed E-state index contributed by atoms with van der Waals surface area (Å²) >= 11 is 0. The Bertz CT molecular complexity index is 1010.